The molecule has 2 aromatic rings. The van der Waals surface area contributed by atoms with Gasteiger partial charge in [-0.2, -0.15) is 8.42 Å². The molecule has 0 radical (unpaired) electrons. The lowest BCUT2D eigenvalue weighted by Gasteiger charge is -2.31. The fourth-order valence-corrected chi connectivity index (χ4v) is 4.62. The molecule has 0 saturated carbocycles. The summed E-state index contributed by atoms with van der Waals surface area (Å²) in [5, 5.41) is 10.5. The molecular weight excluding hydrogens is 572 g/mol. The van der Waals surface area contributed by atoms with Crippen molar-refractivity contribution in [3.05, 3.63) is 71.8 Å². The molecule has 0 aliphatic rings. The van der Waals surface area contributed by atoms with Gasteiger partial charge in [0.1, 0.15) is 0 Å². The topological polar surface area (TPSA) is 179 Å². The minimum absolute atomic E-state index is 0.0666. The summed E-state index contributed by atoms with van der Waals surface area (Å²) in [7, 11) is -4.02. The molecule has 0 aliphatic heterocycles. The maximum atomic E-state index is 13.3. The molecule has 6 N–H and O–H groups in total. The van der Waals surface area contributed by atoms with Crippen LogP contribution in [0.3, 0.4) is 0 Å². The van der Waals surface area contributed by atoms with Crippen LogP contribution in [-0.2, 0) is 24.5 Å². The Balaban J connectivity index is 0.000000699. The van der Waals surface area contributed by atoms with Gasteiger partial charge >= 0.3 is 0 Å². The predicted molar refractivity (Wildman–Crippen MR) is 166 cm³/mol. The van der Waals surface area contributed by atoms with E-state index in [9.17, 15) is 28.0 Å². The number of carbonyl (C=O) groups is 3. The molecule has 0 aromatic heterocycles. The molecule has 3 amide bonds. The maximum Gasteiger partial charge on any atom is 0.294 e. The van der Waals surface area contributed by atoms with Crippen LogP contribution < -0.4 is 16.6 Å². The van der Waals surface area contributed by atoms with Crippen molar-refractivity contribution in [3.63, 3.8) is 0 Å². The van der Waals surface area contributed by atoms with Gasteiger partial charge in [0.2, 0.25) is 11.8 Å². The van der Waals surface area contributed by atoms with Crippen molar-refractivity contribution >= 4 is 33.9 Å². The highest BCUT2D eigenvalue weighted by Gasteiger charge is 2.35. The Hall–Kier alpha value is -3.58. The van der Waals surface area contributed by atoms with Crippen molar-refractivity contribution < 1.29 is 32.6 Å². The number of nitrogens with one attached hydrogen (secondary N) is 2. The van der Waals surface area contributed by atoms with Gasteiger partial charge < -0.3 is 5.73 Å². The first-order chi connectivity index (χ1) is 20.1. The van der Waals surface area contributed by atoms with Gasteiger partial charge in [-0.1, -0.05) is 87.9 Å². The molecule has 238 valence electrons. The van der Waals surface area contributed by atoms with Crippen molar-refractivity contribution in [2.45, 2.75) is 65.3 Å². The number of hydrogen-bond donors (Lipinski definition) is 5. The van der Waals surface area contributed by atoms with E-state index in [1.54, 1.807) is 24.5 Å². The molecule has 0 spiro atoms. The molecule has 0 heterocycles. The van der Waals surface area contributed by atoms with Crippen LogP contribution in [0.4, 0.5) is 0 Å². The highest BCUT2D eigenvalue weighted by atomic mass is 32.2. The van der Waals surface area contributed by atoms with Crippen LogP contribution in [0.1, 0.15) is 58.6 Å². The van der Waals surface area contributed by atoms with E-state index in [-0.39, 0.29) is 23.2 Å². The second kappa shape index (κ2) is 18.2. The third-order valence-electron chi connectivity index (χ3n) is 6.26. The van der Waals surface area contributed by atoms with Crippen LogP contribution in [-0.4, -0.2) is 53.5 Å². The summed E-state index contributed by atoms with van der Waals surface area (Å²) in [6.45, 7) is 11.5. The monoisotopic (exact) mass is 618 g/mol. The van der Waals surface area contributed by atoms with Gasteiger partial charge in [0, 0.05) is 6.54 Å². The Labute approximate surface area is 255 Å². The van der Waals surface area contributed by atoms with Crippen molar-refractivity contribution in [2.75, 3.05) is 6.54 Å². The predicted octanol–water partition coefficient (Wildman–Crippen LogP) is 3.98. The molecule has 0 bridgehead atoms. The van der Waals surface area contributed by atoms with E-state index in [4.69, 9.17) is 10.3 Å². The van der Waals surface area contributed by atoms with Crippen LogP contribution in [0.2, 0.25) is 0 Å². The summed E-state index contributed by atoms with van der Waals surface area (Å²) >= 11 is 0. The standard InChI is InChI=1S/C24H38N4O4.C7H8O3S/c1-16(2)14-21(22(29)26-28(15-17(3)4)24(31)18(5)25)20(23(30)27-32)13-9-12-19-10-7-6-8-11-19;1-6-2-4-7(5-3-6)11(8,9)10/h6-12,16-18,20-21,32H,13-15,25H2,1-5H3,(H,26,29)(H,27,30);2-5H,1H3,(H,8,9,10)/t18-,20+,21-;/m1./s1. The summed E-state index contributed by atoms with van der Waals surface area (Å²) in [6.07, 6.45) is 4.34. The van der Waals surface area contributed by atoms with Crippen molar-refractivity contribution in [1.29, 1.82) is 0 Å². The largest absolute Gasteiger partial charge is 0.320 e. The molecule has 2 rings (SSSR count). The fourth-order valence-electron chi connectivity index (χ4n) is 4.14. The van der Waals surface area contributed by atoms with E-state index < -0.39 is 45.7 Å². The summed E-state index contributed by atoms with van der Waals surface area (Å²) in [5.41, 5.74) is 12.0. The second-order valence-corrected chi connectivity index (χ2v) is 12.7. The number of amides is 3. The van der Waals surface area contributed by atoms with Gasteiger partial charge in [-0.3, -0.25) is 34.6 Å². The SMILES string of the molecule is CC(C)C[C@@H](C(=O)NN(CC(C)C)C(=O)[C@@H](C)N)[C@H](CC=Cc1ccccc1)C(=O)NO.Cc1ccc(S(=O)(=O)O)cc1. The lowest BCUT2D eigenvalue weighted by atomic mass is 9.82. The lowest BCUT2D eigenvalue weighted by molar-refractivity contribution is -0.148. The van der Waals surface area contributed by atoms with Crippen molar-refractivity contribution in [1.82, 2.24) is 15.9 Å². The Morgan fingerprint density at radius 1 is 0.907 bits per heavy atom. The number of nitrogens with two attached hydrogens (primary N) is 1. The van der Waals surface area contributed by atoms with E-state index >= 15 is 0 Å². The van der Waals surface area contributed by atoms with Crippen molar-refractivity contribution in [2.24, 2.45) is 29.4 Å². The van der Waals surface area contributed by atoms with Gasteiger partial charge in [-0.15, -0.1) is 0 Å². The van der Waals surface area contributed by atoms with E-state index in [0.29, 0.717) is 13.0 Å². The molecule has 0 saturated heterocycles. The summed E-state index contributed by atoms with van der Waals surface area (Å²) in [5.74, 6) is -2.84. The van der Waals surface area contributed by atoms with Crippen molar-refractivity contribution in [3.8, 4) is 0 Å². The van der Waals surface area contributed by atoms with Gasteiger partial charge in [0.05, 0.1) is 22.8 Å². The zero-order valence-corrected chi connectivity index (χ0v) is 26.5. The quantitative estimate of drug-likeness (QED) is 0.135. The molecule has 0 unspecified atom stereocenters. The zero-order valence-electron chi connectivity index (χ0n) is 25.7. The summed E-state index contributed by atoms with van der Waals surface area (Å²) < 4.78 is 29.6. The van der Waals surface area contributed by atoms with Crippen LogP contribution in [0.15, 0.2) is 65.6 Å². The smallest absolute Gasteiger partial charge is 0.294 e. The molecule has 3 atom stereocenters. The van der Waals surface area contributed by atoms with E-state index in [1.165, 1.54) is 17.1 Å². The Morgan fingerprint density at radius 3 is 1.95 bits per heavy atom. The minimum atomic E-state index is -4.02. The number of carbonyl (C=O) groups excluding carboxylic acids is 3. The minimum Gasteiger partial charge on any atom is -0.320 e. The number of rotatable bonds is 12. The van der Waals surface area contributed by atoms with E-state index in [1.807, 2.05) is 77.1 Å². The number of hydroxylamine groups is 1. The first-order valence-electron chi connectivity index (χ1n) is 14.1. The third kappa shape index (κ3) is 14.0. The molecule has 0 fully saturated rings. The number of benzene rings is 2. The van der Waals surface area contributed by atoms with E-state index in [2.05, 4.69) is 5.43 Å². The number of nitrogens with zero attached hydrogens (tertiary/aromatic N) is 1. The van der Waals surface area contributed by atoms with E-state index in [0.717, 1.165) is 11.1 Å². The van der Waals surface area contributed by atoms with Crippen LogP contribution in [0, 0.1) is 30.6 Å². The number of aryl methyl sites for hydroxylation is 1. The van der Waals surface area contributed by atoms with Gasteiger partial charge in [0.15, 0.2) is 0 Å². The van der Waals surface area contributed by atoms with Gasteiger partial charge in [-0.25, -0.2) is 5.48 Å². The van der Waals surface area contributed by atoms with Gasteiger partial charge in [-0.05, 0) is 56.2 Å². The highest BCUT2D eigenvalue weighted by Crippen LogP contribution is 2.26. The molecule has 0 aliphatic carbocycles. The lowest BCUT2D eigenvalue weighted by Crippen LogP contribution is -2.55. The highest BCUT2D eigenvalue weighted by molar-refractivity contribution is 7.85. The molecular formula is C31H46N4O7S. The Bertz CT molecular complexity index is 1300. The van der Waals surface area contributed by atoms with Crippen LogP contribution in [0.5, 0.6) is 0 Å². The third-order valence-corrected chi connectivity index (χ3v) is 7.13. The molecule has 12 heteroatoms. The van der Waals surface area contributed by atoms with Gasteiger partial charge in [0.25, 0.3) is 16.0 Å². The first-order valence-corrected chi connectivity index (χ1v) is 15.6. The average molecular weight is 619 g/mol. The van der Waals surface area contributed by atoms with Crippen LogP contribution >= 0.6 is 0 Å². The molecule has 43 heavy (non-hydrogen) atoms. The normalized spacial score (nSPS) is 13.6. The average Bonchev–Trinajstić information content (AvgIpc) is 2.93. The molecule has 2 aromatic carbocycles. The maximum absolute atomic E-state index is 13.3. The zero-order chi connectivity index (χ0) is 32.7. The first kappa shape index (κ1) is 37.4. The molecule has 11 nitrogen and oxygen atoms in total. The number of hydrogen-bond acceptors (Lipinski definition) is 7. The Kier molecular flexibility index (Phi) is 15.8. The summed E-state index contributed by atoms with van der Waals surface area (Å²) in [4.78, 5) is 38.2. The number of hydrazine groups is 1. The number of allylic oxidation sites excluding steroid dienone is 1. The second-order valence-electron chi connectivity index (χ2n) is 11.3. The summed E-state index contributed by atoms with van der Waals surface area (Å²) in [6, 6.07) is 14.8. The fraction of sp³-hybridized carbons (Fsp3) is 0.452. The Morgan fingerprint density at radius 2 is 1.49 bits per heavy atom. The van der Waals surface area contributed by atoms with Crippen LogP contribution in [0.25, 0.3) is 6.08 Å².